The summed E-state index contributed by atoms with van der Waals surface area (Å²) >= 11 is 0. The van der Waals surface area contributed by atoms with Crippen LogP contribution in [0, 0.1) is 13.8 Å². The highest BCUT2D eigenvalue weighted by Crippen LogP contribution is 2.16. The molecule has 0 saturated carbocycles. The summed E-state index contributed by atoms with van der Waals surface area (Å²) in [6.07, 6.45) is 1.47. The first-order valence-corrected chi connectivity index (χ1v) is 9.14. The molecule has 0 bridgehead atoms. The van der Waals surface area contributed by atoms with E-state index >= 15 is 0 Å². The summed E-state index contributed by atoms with van der Waals surface area (Å²) in [5.74, 6) is -0.602. The Kier molecular flexibility index (Phi) is 5.84. The number of carbonyl (C=O) groups excluding carboxylic acids is 2. The number of hydrogen-bond donors (Lipinski definition) is 2. The van der Waals surface area contributed by atoms with Gasteiger partial charge in [-0.1, -0.05) is 36.4 Å². The molecule has 0 aliphatic rings. The van der Waals surface area contributed by atoms with Crippen LogP contribution in [0.5, 0.6) is 0 Å². The van der Waals surface area contributed by atoms with E-state index in [2.05, 4.69) is 15.6 Å². The van der Waals surface area contributed by atoms with Crippen molar-refractivity contribution in [3.8, 4) is 0 Å². The lowest BCUT2D eigenvalue weighted by molar-refractivity contribution is 0.0935. The van der Waals surface area contributed by atoms with E-state index in [1.54, 1.807) is 6.07 Å². The van der Waals surface area contributed by atoms with Crippen LogP contribution in [0.1, 0.15) is 50.5 Å². The van der Waals surface area contributed by atoms with Gasteiger partial charge in [0.1, 0.15) is 5.69 Å². The lowest BCUT2D eigenvalue weighted by Gasteiger charge is -2.14. The van der Waals surface area contributed by atoms with Crippen LogP contribution in [-0.4, -0.2) is 16.8 Å². The molecule has 2 amide bonds. The number of nitrogens with one attached hydrogen (secondary N) is 2. The average Bonchev–Trinajstić information content (AvgIpc) is 2.68. The summed E-state index contributed by atoms with van der Waals surface area (Å²) in [6, 6.07) is 18.5. The number of benzene rings is 2. The average molecular weight is 373 g/mol. The first-order chi connectivity index (χ1) is 13.4. The van der Waals surface area contributed by atoms with Gasteiger partial charge in [0.2, 0.25) is 0 Å². The zero-order chi connectivity index (χ0) is 20.1. The number of pyridine rings is 1. The predicted molar refractivity (Wildman–Crippen MR) is 110 cm³/mol. The van der Waals surface area contributed by atoms with Gasteiger partial charge in [-0.15, -0.1) is 0 Å². The Hall–Kier alpha value is -3.47. The molecule has 0 spiro atoms. The minimum Gasteiger partial charge on any atom is -0.344 e. The molecule has 5 heteroatoms. The number of aryl methyl sites for hydroxylation is 2. The third-order valence-electron chi connectivity index (χ3n) is 4.38. The molecule has 0 saturated heterocycles. The fourth-order valence-corrected chi connectivity index (χ4v) is 3.04. The van der Waals surface area contributed by atoms with Crippen molar-refractivity contribution >= 4 is 17.5 Å². The minimum absolute atomic E-state index is 0.164. The molecule has 2 aromatic carbocycles. The van der Waals surface area contributed by atoms with Crippen LogP contribution in [0.4, 0.5) is 5.69 Å². The molecule has 28 heavy (non-hydrogen) atoms. The van der Waals surface area contributed by atoms with E-state index in [0.29, 0.717) is 5.56 Å². The molecule has 2 N–H and O–H groups in total. The Morgan fingerprint density at radius 1 is 0.893 bits per heavy atom. The number of amides is 2. The molecule has 0 radical (unpaired) electrons. The van der Waals surface area contributed by atoms with Crippen LogP contribution < -0.4 is 10.6 Å². The Morgan fingerprint density at radius 2 is 1.57 bits per heavy atom. The molecule has 3 rings (SSSR count). The van der Waals surface area contributed by atoms with Crippen LogP contribution in [0.25, 0.3) is 0 Å². The van der Waals surface area contributed by atoms with Crippen LogP contribution >= 0.6 is 0 Å². The predicted octanol–water partition coefficient (Wildman–Crippen LogP) is 4.44. The highest BCUT2D eigenvalue weighted by Gasteiger charge is 2.15. The third kappa shape index (κ3) is 4.82. The maximum Gasteiger partial charge on any atom is 0.270 e. The van der Waals surface area contributed by atoms with Crippen molar-refractivity contribution in [3.63, 3.8) is 0 Å². The van der Waals surface area contributed by atoms with Gasteiger partial charge in [0.25, 0.3) is 11.8 Å². The first-order valence-electron chi connectivity index (χ1n) is 9.14. The summed E-state index contributed by atoms with van der Waals surface area (Å²) in [4.78, 5) is 29.2. The molecule has 1 unspecified atom stereocenters. The second kappa shape index (κ2) is 8.48. The maximum atomic E-state index is 12.6. The Labute approximate surface area is 164 Å². The molecule has 0 aliphatic carbocycles. The van der Waals surface area contributed by atoms with E-state index in [1.165, 1.54) is 12.3 Å². The first kappa shape index (κ1) is 19.3. The molecule has 0 aliphatic heterocycles. The SMILES string of the molecule is Cc1cc(C)cc(NC(=O)c2ccnc(C(=O)NC(C)c3ccccc3)c2)c1. The van der Waals surface area contributed by atoms with Gasteiger partial charge in [0.15, 0.2) is 0 Å². The van der Waals surface area contributed by atoms with E-state index in [-0.39, 0.29) is 23.6 Å². The second-order valence-corrected chi connectivity index (χ2v) is 6.87. The monoisotopic (exact) mass is 373 g/mol. The van der Waals surface area contributed by atoms with Gasteiger partial charge in [-0.25, -0.2) is 0 Å². The summed E-state index contributed by atoms with van der Waals surface area (Å²) < 4.78 is 0. The molecule has 0 fully saturated rings. The van der Waals surface area contributed by atoms with E-state index in [0.717, 1.165) is 22.4 Å². The lowest BCUT2D eigenvalue weighted by atomic mass is 10.1. The number of rotatable bonds is 5. The molecule has 1 aromatic heterocycles. The highest BCUT2D eigenvalue weighted by molar-refractivity contribution is 6.05. The maximum absolute atomic E-state index is 12.6. The largest absolute Gasteiger partial charge is 0.344 e. The second-order valence-electron chi connectivity index (χ2n) is 6.87. The van der Waals surface area contributed by atoms with Gasteiger partial charge in [0.05, 0.1) is 6.04 Å². The molecule has 5 nitrogen and oxygen atoms in total. The summed E-state index contributed by atoms with van der Waals surface area (Å²) in [7, 11) is 0. The zero-order valence-corrected chi connectivity index (χ0v) is 16.2. The number of hydrogen-bond acceptors (Lipinski definition) is 3. The van der Waals surface area contributed by atoms with Crippen molar-refractivity contribution in [3.05, 3.63) is 94.8 Å². The van der Waals surface area contributed by atoms with Gasteiger partial charge in [-0.3, -0.25) is 14.6 Å². The van der Waals surface area contributed by atoms with E-state index in [1.807, 2.05) is 69.3 Å². The number of nitrogens with zero attached hydrogens (tertiary/aromatic N) is 1. The van der Waals surface area contributed by atoms with Crippen LogP contribution in [0.2, 0.25) is 0 Å². The zero-order valence-electron chi connectivity index (χ0n) is 16.2. The van der Waals surface area contributed by atoms with Crippen molar-refractivity contribution in [2.45, 2.75) is 26.8 Å². The molecular formula is C23H23N3O2. The summed E-state index contributed by atoms with van der Waals surface area (Å²) in [5.41, 5.74) is 4.45. The molecule has 142 valence electrons. The van der Waals surface area contributed by atoms with Crippen LogP contribution in [0.15, 0.2) is 66.9 Å². The molecule has 3 aromatic rings. The van der Waals surface area contributed by atoms with Gasteiger partial charge in [0, 0.05) is 17.4 Å². The van der Waals surface area contributed by atoms with Crippen molar-refractivity contribution in [2.24, 2.45) is 0 Å². The fraction of sp³-hybridized carbons (Fsp3) is 0.174. The Balaban J connectivity index is 1.72. The minimum atomic E-state index is -0.322. The highest BCUT2D eigenvalue weighted by atomic mass is 16.2. The van der Waals surface area contributed by atoms with Crippen molar-refractivity contribution in [1.29, 1.82) is 0 Å². The number of anilines is 1. The number of carbonyl (C=O) groups is 2. The van der Waals surface area contributed by atoms with Gasteiger partial charge in [-0.05, 0) is 61.7 Å². The number of aromatic nitrogens is 1. The van der Waals surface area contributed by atoms with Gasteiger partial charge in [-0.2, -0.15) is 0 Å². The van der Waals surface area contributed by atoms with Crippen molar-refractivity contribution in [1.82, 2.24) is 10.3 Å². The van der Waals surface area contributed by atoms with Gasteiger partial charge < -0.3 is 10.6 Å². The molecular weight excluding hydrogens is 350 g/mol. The molecule has 1 atom stereocenters. The lowest BCUT2D eigenvalue weighted by Crippen LogP contribution is -2.27. The quantitative estimate of drug-likeness (QED) is 0.694. The van der Waals surface area contributed by atoms with Crippen LogP contribution in [0.3, 0.4) is 0 Å². The Bertz CT molecular complexity index is 979. The smallest absolute Gasteiger partial charge is 0.270 e. The van der Waals surface area contributed by atoms with E-state index in [9.17, 15) is 9.59 Å². The van der Waals surface area contributed by atoms with Crippen LogP contribution in [-0.2, 0) is 0 Å². The third-order valence-corrected chi connectivity index (χ3v) is 4.38. The van der Waals surface area contributed by atoms with Crippen molar-refractivity contribution < 1.29 is 9.59 Å². The topological polar surface area (TPSA) is 71.1 Å². The molecule has 1 heterocycles. The normalized spacial score (nSPS) is 11.5. The van der Waals surface area contributed by atoms with E-state index in [4.69, 9.17) is 0 Å². The summed E-state index contributed by atoms with van der Waals surface area (Å²) in [6.45, 7) is 5.86. The standard InChI is InChI=1S/C23H23N3O2/c1-15-11-16(2)13-20(12-15)26-22(27)19-9-10-24-21(14-19)23(28)25-17(3)18-7-5-4-6-8-18/h4-14,17H,1-3H3,(H,25,28)(H,26,27). The van der Waals surface area contributed by atoms with Crippen molar-refractivity contribution in [2.75, 3.05) is 5.32 Å². The fourth-order valence-electron chi connectivity index (χ4n) is 3.04. The van der Waals surface area contributed by atoms with Gasteiger partial charge >= 0.3 is 0 Å². The Morgan fingerprint density at radius 3 is 2.25 bits per heavy atom. The van der Waals surface area contributed by atoms with E-state index < -0.39 is 0 Å². The summed E-state index contributed by atoms with van der Waals surface area (Å²) in [5, 5.41) is 5.78.